The molecular weight excluding hydrogens is 328 g/mol. The van der Waals surface area contributed by atoms with Crippen LogP contribution in [-0.2, 0) is 0 Å². The third kappa shape index (κ3) is 5.15. The average molecular weight is 354 g/mol. The highest BCUT2D eigenvalue weighted by Crippen LogP contribution is 2.41. The summed E-state index contributed by atoms with van der Waals surface area (Å²) in [6.07, 6.45) is 2.29. The number of nitrogens with one attached hydrogen (secondary N) is 2. The molecule has 5 heteroatoms. The lowest BCUT2D eigenvalue weighted by molar-refractivity contribution is 0.231. The van der Waals surface area contributed by atoms with E-state index in [0.717, 1.165) is 35.5 Å². The Balaban J connectivity index is 1.46. The van der Waals surface area contributed by atoms with Crippen LogP contribution in [0.4, 0.5) is 4.79 Å². The van der Waals surface area contributed by atoms with E-state index in [1.165, 1.54) is 0 Å². The van der Waals surface area contributed by atoms with Gasteiger partial charge >= 0.3 is 6.03 Å². The third-order valence-corrected chi connectivity index (χ3v) is 4.50. The Morgan fingerprint density at radius 3 is 2.58 bits per heavy atom. The first-order valence-electron chi connectivity index (χ1n) is 9.03. The fraction of sp³-hybridized carbons (Fsp3) is 0.381. The Morgan fingerprint density at radius 1 is 1.15 bits per heavy atom. The van der Waals surface area contributed by atoms with Gasteiger partial charge in [0.1, 0.15) is 18.1 Å². The summed E-state index contributed by atoms with van der Waals surface area (Å²) in [6.45, 7) is 2.92. The maximum absolute atomic E-state index is 12.2. The SMILES string of the molecule is COc1ccc(C(NC(=O)NCCOc2cccc(C)c2)C2CC2)cc1. The Bertz CT molecular complexity index is 726. The molecular formula is C21H26N2O3. The molecule has 2 aromatic rings. The molecule has 1 fully saturated rings. The first-order valence-corrected chi connectivity index (χ1v) is 9.03. The Morgan fingerprint density at radius 2 is 1.92 bits per heavy atom. The van der Waals surface area contributed by atoms with Gasteiger partial charge in [0.25, 0.3) is 0 Å². The molecule has 1 aliphatic carbocycles. The van der Waals surface area contributed by atoms with Crippen molar-refractivity contribution in [3.05, 3.63) is 59.7 Å². The van der Waals surface area contributed by atoms with Gasteiger partial charge in [0, 0.05) is 0 Å². The highest BCUT2D eigenvalue weighted by Gasteiger charge is 2.33. The number of aryl methyl sites for hydroxylation is 1. The molecule has 2 amide bonds. The Labute approximate surface area is 154 Å². The number of urea groups is 1. The highest BCUT2D eigenvalue weighted by atomic mass is 16.5. The number of hydrogen-bond donors (Lipinski definition) is 2. The first-order chi connectivity index (χ1) is 12.7. The normalized spacial score (nSPS) is 14.4. The second-order valence-electron chi connectivity index (χ2n) is 6.65. The summed E-state index contributed by atoms with van der Waals surface area (Å²) in [5.41, 5.74) is 2.26. The van der Waals surface area contributed by atoms with Crippen LogP contribution in [0, 0.1) is 12.8 Å². The van der Waals surface area contributed by atoms with Gasteiger partial charge in [0.15, 0.2) is 0 Å². The second-order valence-corrected chi connectivity index (χ2v) is 6.65. The number of methoxy groups -OCH3 is 1. The van der Waals surface area contributed by atoms with Gasteiger partial charge < -0.3 is 20.1 Å². The van der Waals surface area contributed by atoms with Crippen LogP contribution >= 0.6 is 0 Å². The van der Waals surface area contributed by atoms with Crippen LogP contribution in [0.2, 0.25) is 0 Å². The monoisotopic (exact) mass is 354 g/mol. The lowest BCUT2D eigenvalue weighted by Crippen LogP contribution is -2.40. The summed E-state index contributed by atoms with van der Waals surface area (Å²) < 4.78 is 10.9. The molecule has 5 nitrogen and oxygen atoms in total. The van der Waals surface area contributed by atoms with Crippen molar-refractivity contribution in [3.63, 3.8) is 0 Å². The summed E-state index contributed by atoms with van der Waals surface area (Å²) >= 11 is 0. The summed E-state index contributed by atoms with van der Waals surface area (Å²) in [4.78, 5) is 12.2. The van der Waals surface area contributed by atoms with Crippen molar-refractivity contribution in [2.75, 3.05) is 20.3 Å². The summed E-state index contributed by atoms with van der Waals surface area (Å²) in [5.74, 6) is 2.15. The third-order valence-electron chi connectivity index (χ3n) is 4.50. The molecule has 1 saturated carbocycles. The minimum atomic E-state index is -0.162. The maximum atomic E-state index is 12.2. The van der Waals surface area contributed by atoms with E-state index in [0.29, 0.717) is 19.1 Å². The molecule has 0 radical (unpaired) electrons. The van der Waals surface area contributed by atoms with E-state index < -0.39 is 0 Å². The van der Waals surface area contributed by atoms with E-state index in [9.17, 15) is 4.79 Å². The van der Waals surface area contributed by atoms with Gasteiger partial charge in [-0.25, -0.2) is 4.79 Å². The van der Waals surface area contributed by atoms with Gasteiger partial charge in [-0.05, 0) is 61.1 Å². The fourth-order valence-corrected chi connectivity index (χ4v) is 2.94. The number of carbonyl (C=O) groups is 1. The lowest BCUT2D eigenvalue weighted by Gasteiger charge is -2.19. The standard InChI is InChI=1S/C21H26N2O3/c1-15-4-3-5-19(14-15)26-13-12-22-21(24)23-20(16-6-7-16)17-8-10-18(25-2)11-9-17/h3-5,8-11,14,16,20H,6-7,12-13H2,1-2H3,(H2,22,23,24). The van der Waals surface area contributed by atoms with Crippen molar-refractivity contribution < 1.29 is 14.3 Å². The van der Waals surface area contributed by atoms with Gasteiger partial charge in [-0.2, -0.15) is 0 Å². The molecule has 1 aliphatic rings. The largest absolute Gasteiger partial charge is 0.497 e. The van der Waals surface area contributed by atoms with E-state index in [1.54, 1.807) is 7.11 Å². The van der Waals surface area contributed by atoms with Crippen molar-refractivity contribution in [1.29, 1.82) is 0 Å². The molecule has 2 aromatic carbocycles. The van der Waals surface area contributed by atoms with Crippen molar-refractivity contribution in [2.24, 2.45) is 5.92 Å². The number of ether oxygens (including phenoxy) is 2. The summed E-state index contributed by atoms with van der Waals surface area (Å²) in [5, 5.41) is 5.97. The number of benzene rings is 2. The van der Waals surface area contributed by atoms with Gasteiger partial charge in [0.2, 0.25) is 0 Å². The van der Waals surface area contributed by atoms with Gasteiger partial charge in [-0.15, -0.1) is 0 Å². The van der Waals surface area contributed by atoms with E-state index >= 15 is 0 Å². The van der Waals surface area contributed by atoms with Crippen LogP contribution in [0.3, 0.4) is 0 Å². The smallest absolute Gasteiger partial charge is 0.315 e. The summed E-state index contributed by atoms with van der Waals surface area (Å²) in [6, 6.07) is 15.7. The molecule has 0 heterocycles. The van der Waals surface area contributed by atoms with E-state index in [1.807, 2.05) is 55.5 Å². The van der Waals surface area contributed by atoms with Crippen LogP contribution < -0.4 is 20.1 Å². The molecule has 2 N–H and O–H groups in total. The van der Waals surface area contributed by atoms with Crippen molar-refractivity contribution >= 4 is 6.03 Å². The topological polar surface area (TPSA) is 59.6 Å². The molecule has 26 heavy (non-hydrogen) atoms. The molecule has 0 spiro atoms. The zero-order valence-corrected chi connectivity index (χ0v) is 15.3. The van der Waals surface area contributed by atoms with Crippen molar-refractivity contribution in [2.45, 2.75) is 25.8 Å². The van der Waals surface area contributed by atoms with Gasteiger partial charge in [-0.3, -0.25) is 0 Å². The summed E-state index contributed by atoms with van der Waals surface area (Å²) in [7, 11) is 1.65. The lowest BCUT2D eigenvalue weighted by atomic mass is 10.0. The van der Waals surface area contributed by atoms with Crippen LogP contribution in [0.5, 0.6) is 11.5 Å². The minimum Gasteiger partial charge on any atom is -0.497 e. The molecule has 0 aromatic heterocycles. The van der Waals surface area contributed by atoms with Crippen LogP contribution in [0.25, 0.3) is 0 Å². The highest BCUT2D eigenvalue weighted by molar-refractivity contribution is 5.74. The first kappa shape index (κ1) is 18.1. The van der Waals surface area contributed by atoms with E-state index in [-0.39, 0.29) is 12.1 Å². The van der Waals surface area contributed by atoms with Crippen molar-refractivity contribution in [1.82, 2.24) is 10.6 Å². The molecule has 0 aliphatic heterocycles. The molecule has 0 bridgehead atoms. The minimum absolute atomic E-state index is 0.0404. The van der Waals surface area contributed by atoms with Crippen LogP contribution in [-0.4, -0.2) is 26.3 Å². The molecule has 1 unspecified atom stereocenters. The maximum Gasteiger partial charge on any atom is 0.315 e. The number of hydrogen-bond acceptors (Lipinski definition) is 3. The van der Waals surface area contributed by atoms with Crippen LogP contribution in [0.15, 0.2) is 48.5 Å². The predicted molar refractivity (Wildman–Crippen MR) is 102 cm³/mol. The molecule has 3 rings (SSSR count). The van der Waals surface area contributed by atoms with Crippen LogP contribution in [0.1, 0.15) is 30.0 Å². The number of rotatable bonds is 8. The fourth-order valence-electron chi connectivity index (χ4n) is 2.94. The number of carbonyl (C=O) groups excluding carboxylic acids is 1. The molecule has 138 valence electrons. The second kappa shape index (κ2) is 8.61. The quantitative estimate of drug-likeness (QED) is 0.708. The Kier molecular flexibility index (Phi) is 6.00. The molecule has 1 atom stereocenters. The molecule has 0 saturated heterocycles. The van der Waals surface area contributed by atoms with E-state index in [2.05, 4.69) is 10.6 Å². The van der Waals surface area contributed by atoms with Crippen molar-refractivity contribution in [3.8, 4) is 11.5 Å². The number of amides is 2. The van der Waals surface area contributed by atoms with Gasteiger partial charge in [0.05, 0.1) is 19.7 Å². The zero-order chi connectivity index (χ0) is 18.4. The predicted octanol–water partition coefficient (Wildman–Crippen LogP) is 3.83. The van der Waals surface area contributed by atoms with Gasteiger partial charge in [-0.1, -0.05) is 24.3 Å². The zero-order valence-electron chi connectivity index (χ0n) is 15.3. The van der Waals surface area contributed by atoms with E-state index in [4.69, 9.17) is 9.47 Å². The Hall–Kier alpha value is -2.69. The average Bonchev–Trinajstić information content (AvgIpc) is 3.49.